The summed E-state index contributed by atoms with van der Waals surface area (Å²) in [7, 11) is 3.83. The zero-order valence-electron chi connectivity index (χ0n) is 15.3. The summed E-state index contributed by atoms with van der Waals surface area (Å²) in [5.41, 5.74) is 1.11. The lowest BCUT2D eigenvalue weighted by atomic mass is 10.1. The van der Waals surface area contributed by atoms with E-state index in [1.807, 2.05) is 18.2 Å². The highest BCUT2D eigenvalue weighted by Gasteiger charge is 2.20. The van der Waals surface area contributed by atoms with Crippen LogP contribution in [0.1, 0.15) is 25.3 Å². The Hall–Kier alpha value is -0.730. The van der Waals surface area contributed by atoms with Crippen LogP contribution in [0.3, 0.4) is 0 Å². The molecule has 1 fully saturated rings. The van der Waals surface area contributed by atoms with Crippen molar-refractivity contribution in [2.45, 2.75) is 32.2 Å². The summed E-state index contributed by atoms with van der Waals surface area (Å²) in [6, 6.07) is 6.37. The Kier molecular flexibility index (Phi) is 10.5. The van der Waals surface area contributed by atoms with Crippen molar-refractivity contribution in [1.82, 2.24) is 15.5 Å². The molecule has 2 N–H and O–H groups in total. The summed E-state index contributed by atoms with van der Waals surface area (Å²) in [5.74, 6) is 1.66. The maximum Gasteiger partial charge on any atom is 0.191 e. The average Bonchev–Trinajstić information content (AvgIpc) is 2.99. The van der Waals surface area contributed by atoms with E-state index in [1.54, 1.807) is 7.11 Å². The molecule has 1 atom stereocenters. The molecule has 0 bridgehead atoms. The number of hydrogen-bond acceptors (Lipinski definition) is 3. The third kappa shape index (κ3) is 7.19. The van der Waals surface area contributed by atoms with Crippen molar-refractivity contribution in [3.63, 3.8) is 0 Å². The molecule has 142 valence electrons. The van der Waals surface area contributed by atoms with E-state index >= 15 is 0 Å². The van der Waals surface area contributed by atoms with Crippen LogP contribution < -0.4 is 15.4 Å². The van der Waals surface area contributed by atoms with Crippen molar-refractivity contribution in [1.29, 1.82) is 0 Å². The number of nitrogens with one attached hydrogen (secondary N) is 2. The van der Waals surface area contributed by atoms with Crippen LogP contribution >= 0.6 is 35.6 Å². The summed E-state index contributed by atoms with van der Waals surface area (Å²) in [6.07, 6.45) is 3.36. The number of guanidine groups is 1. The summed E-state index contributed by atoms with van der Waals surface area (Å²) in [4.78, 5) is 7.12. The molecule has 1 aliphatic rings. The van der Waals surface area contributed by atoms with Gasteiger partial charge in [0.1, 0.15) is 5.75 Å². The molecule has 7 heteroatoms. The molecule has 0 aromatic heterocycles. The zero-order chi connectivity index (χ0) is 17.4. The van der Waals surface area contributed by atoms with E-state index in [-0.39, 0.29) is 24.0 Å². The van der Waals surface area contributed by atoms with Gasteiger partial charge in [0.25, 0.3) is 0 Å². The molecular weight excluding hydrogens is 451 g/mol. The van der Waals surface area contributed by atoms with Gasteiger partial charge in [0.2, 0.25) is 0 Å². The number of aliphatic imine (C=N–C) groups is 1. The first kappa shape index (κ1) is 22.3. The Labute approximate surface area is 173 Å². The first-order chi connectivity index (χ1) is 11.6. The van der Waals surface area contributed by atoms with Gasteiger partial charge in [-0.15, -0.1) is 24.0 Å². The van der Waals surface area contributed by atoms with Gasteiger partial charge >= 0.3 is 0 Å². The van der Waals surface area contributed by atoms with Gasteiger partial charge in [-0.3, -0.25) is 4.99 Å². The van der Waals surface area contributed by atoms with E-state index in [1.165, 1.54) is 19.4 Å². The quantitative estimate of drug-likeness (QED) is 0.358. The second-order valence-electron chi connectivity index (χ2n) is 6.13. The normalized spacial score (nSPS) is 17.9. The fourth-order valence-corrected chi connectivity index (χ4v) is 3.19. The van der Waals surface area contributed by atoms with Crippen LogP contribution in [-0.2, 0) is 6.42 Å². The van der Waals surface area contributed by atoms with Gasteiger partial charge in [0.15, 0.2) is 5.96 Å². The maximum atomic E-state index is 6.29. The van der Waals surface area contributed by atoms with Crippen molar-refractivity contribution in [3.8, 4) is 5.75 Å². The summed E-state index contributed by atoms with van der Waals surface area (Å²) >= 11 is 6.29. The highest BCUT2D eigenvalue weighted by atomic mass is 127. The van der Waals surface area contributed by atoms with Gasteiger partial charge in [0, 0.05) is 24.2 Å². The molecule has 5 nitrogen and oxygen atoms in total. The third-order valence-corrected chi connectivity index (χ3v) is 4.77. The Morgan fingerprint density at radius 1 is 1.40 bits per heavy atom. The molecule has 0 aliphatic carbocycles. The second-order valence-corrected chi connectivity index (χ2v) is 6.54. The number of rotatable bonds is 7. The fourth-order valence-electron chi connectivity index (χ4n) is 2.92. The molecule has 1 aliphatic heterocycles. The number of ether oxygens (including phenoxy) is 1. The Morgan fingerprint density at radius 2 is 2.20 bits per heavy atom. The Bertz CT molecular complexity index is 556. The van der Waals surface area contributed by atoms with E-state index < -0.39 is 0 Å². The SMILES string of the molecule is CCNC(=NCC1CCCN1C)NCCc1ccc(OC)cc1Cl.I. The van der Waals surface area contributed by atoms with Crippen molar-refractivity contribution >= 4 is 41.5 Å². The minimum absolute atomic E-state index is 0. The van der Waals surface area contributed by atoms with E-state index in [0.717, 1.165) is 48.4 Å². The van der Waals surface area contributed by atoms with Gasteiger partial charge in [-0.05, 0) is 57.5 Å². The summed E-state index contributed by atoms with van der Waals surface area (Å²) in [5, 5.41) is 7.44. The van der Waals surface area contributed by atoms with Crippen LogP contribution in [0.2, 0.25) is 5.02 Å². The van der Waals surface area contributed by atoms with Crippen molar-refractivity contribution in [2.75, 3.05) is 40.3 Å². The van der Waals surface area contributed by atoms with Gasteiger partial charge in [0.05, 0.1) is 13.7 Å². The van der Waals surface area contributed by atoms with Gasteiger partial charge in [-0.1, -0.05) is 17.7 Å². The number of likely N-dealkylation sites (N-methyl/N-ethyl adjacent to an activating group) is 1. The van der Waals surface area contributed by atoms with Crippen LogP contribution in [0.5, 0.6) is 5.75 Å². The highest BCUT2D eigenvalue weighted by Crippen LogP contribution is 2.22. The number of likely N-dealkylation sites (tertiary alicyclic amines) is 1. The number of methoxy groups -OCH3 is 1. The molecule has 0 radical (unpaired) electrons. The molecule has 0 spiro atoms. The van der Waals surface area contributed by atoms with E-state index in [0.29, 0.717) is 6.04 Å². The average molecular weight is 481 g/mol. The topological polar surface area (TPSA) is 48.9 Å². The van der Waals surface area contributed by atoms with Crippen LogP contribution in [0.15, 0.2) is 23.2 Å². The highest BCUT2D eigenvalue weighted by molar-refractivity contribution is 14.0. The van der Waals surface area contributed by atoms with E-state index in [2.05, 4.69) is 29.5 Å². The molecule has 1 saturated heterocycles. The maximum absolute atomic E-state index is 6.29. The molecule has 1 aromatic rings. The molecule has 25 heavy (non-hydrogen) atoms. The molecule has 0 amide bonds. The predicted octanol–water partition coefficient (Wildman–Crippen LogP) is 3.16. The first-order valence-corrected chi connectivity index (χ1v) is 9.06. The smallest absolute Gasteiger partial charge is 0.191 e. The molecule has 1 heterocycles. The second kappa shape index (κ2) is 11.8. The molecular formula is C18H30ClIN4O. The summed E-state index contributed by atoms with van der Waals surface area (Å²) < 4.78 is 5.18. The van der Waals surface area contributed by atoms with Crippen molar-refractivity contribution in [3.05, 3.63) is 28.8 Å². The molecule has 1 aromatic carbocycles. The van der Waals surface area contributed by atoms with Gasteiger partial charge in [-0.25, -0.2) is 0 Å². The lowest BCUT2D eigenvalue weighted by Gasteiger charge is -2.18. The lowest BCUT2D eigenvalue weighted by molar-refractivity contribution is 0.317. The van der Waals surface area contributed by atoms with Crippen LogP contribution in [-0.4, -0.2) is 57.2 Å². The molecule has 1 unspecified atom stereocenters. The van der Waals surface area contributed by atoms with E-state index in [4.69, 9.17) is 21.3 Å². The predicted molar refractivity (Wildman–Crippen MR) is 117 cm³/mol. The standard InChI is InChI=1S/C18H29ClN4O.HI/c1-4-20-18(22-13-15-6-5-11-23(15)2)21-10-9-14-7-8-16(24-3)12-17(14)19;/h7-8,12,15H,4-6,9-11,13H2,1-3H3,(H2,20,21,22);1H. The zero-order valence-corrected chi connectivity index (χ0v) is 18.4. The number of benzene rings is 1. The number of nitrogens with zero attached hydrogens (tertiary/aromatic N) is 2. The Morgan fingerprint density at radius 3 is 2.80 bits per heavy atom. The lowest BCUT2D eigenvalue weighted by Crippen LogP contribution is -2.39. The third-order valence-electron chi connectivity index (χ3n) is 4.42. The largest absolute Gasteiger partial charge is 0.497 e. The van der Waals surface area contributed by atoms with Crippen LogP contribution in [0.25, 0.3) is 0 Å². The van der Waals surface area contributed by atoms with Crippen molar-refractivity contribution in [2.24, 2.45) is 4.99 Å². The molecule has 0 saturated carbocycles. The van der Waals surface area contributed by atoms with Crippen LogP contribution in [0.4, 0.5) is 0 Å². The van der Waals surface area contributed by atoms with E-state index in [9.17, 15) is 0 Å². The van der Waals surface area contributed by atoms with Crippen molar-refractivity contribution < 1.29 is 4.74 Å². The minimum Gasteiger partial charge on any atom is -0.497 e. The van der Waals surface area contributed by atoms with Crippen LogP contribution in [0, 0.1) is 0 Å². The van der Waals surface area contributed by atoms with Gasteiger partial charge < -0.3 is 20.3 Å². The Balaban J connectivity index is 0.00000312. The summed E-state index contributed by atoms with van der Waals surface area (Å²) in [6.45, 7) is 5.75. The fraction of sp³-hybridized carbons (Fsp3) is 0.611. The van der Waals surface area contributed by atoms with Gasteiger partial charge in [-0.2, -0.15) is 0 Å². The monoisotopic (exact) mass is 480 g/mol. The number of hydrogen-bond donors (Lipinski definition) is 2. The number of halogens is 2. The first-order valence-electron chi connectivity index (χ1n) is 8.69. The molecule has 2 rings (SSSR count). The minimum atomic E-state index is 0.